The van der Waals surface area contributed by atoms with Crippen molar-refractivity contribution in [3.8, 4) is 0 Å². The van der Waals surface area contributed by atoms with Crippen LogP contribution in [0.15, 0.2) is 18.2 Å². The summed E-state index contributed by atoms with van der Waals surface area (Å²) in [6, 6.07) is 5.74. The lowest BCUT2D eigenvalue weighted by Gasteiger charge is -2.22. The molecule has 0 aromatic heterocycles. The Hall–Kier alpha value is -0.530. The van der Waals surface area contributed by atoms with Crippen LogP contribution in [0.5, 0.6) is 0 Å². The van der Waals surface area contributed by atoms with Gasteiger partial charge >= 0.3 is 0 Å². The first-order chi connectivity index (χ1) is 5.96. The summed E-state index contributed by atoms with van der Waals surface area (Å²) in [5, 5.41) is 9.83. The lowest BCUT2D eigenvalue weighted by atomic mass is 9.84. The van der Waals surface area contributed by atoms with Gasteiger partial charge in [0, 0.05) is 5.02 Å². The monoisotopic (exact) mass is 198 g/mol. The van der Waals surface area contributed by atoms with Gasteiger partial charge in [0.1, 0.15) is 0 Å². The Bertz CT molecular complexity index is 299. The maximum absolute atomic E-state index is 9.18. The minimum atomic E-state index is 0.00623. The molecule has 0 atom stereocenters. The Balaban J connectivity index is 3.29. The maximum Gasteiger partial charge on any atom is 0.0699 e. The number of aliphatic hydroxyl groups is 1. The highest BCUT2D eigenvalue weighted by Gasteiger charge is 2.18. The van der Waals surface area contributed by atoms with Crippen LogP contribution in [0.1, 0.15) is 31.9 Å². The molecule has 13 heavy (non-hydrogen) atoms. The lowest BCUT2D eigenvalue weighted by Crippen LogP contribution is -2.14. The van der Waals surface area contributed by atoms with Crippen LogP contribution in [-0.2, 0) is 12.0 Å². The first kappa shape index (κ1) is 10.6. The molecule has 1 rings (SSSR count). The van der Waals surface area contributed by atoms with Crippen LogP contribution in [0.4, 0.5) is 0 Å². The van der Waals surface area contributed by atoms with Gasteiger partial charge in [-0.3, -0.25) is 0 Å². The van der Waals surface area contributed by atoms with Gasteiger partial charge in [0.05, 0.1) is 6.61 Å². The molecule has 0 heterocycles. The van der Waals surface area contributed by atoms with Crippen LogP contribution in [0.25, 0.3) is 0 Å². The molecule has 0 radical (unpaired) electrons. The molecular formula is C11H15ClO. The van der Waals surface area contributed by atoms with Crippen molar-refractivity contribution >= 4 is 11.6 Å². The van der Waals surface area contributed by atoms with E-state index >= 15 is 0 Å². The normalized spacial score (nSPS) is 11.8. The SMILES string of the molecule is CC(C)(C)c1cccc(Cl)c1CO. The molecule has 0 aliphatic heterocycles. The van der Waals surface area contributed by atoms with E-state index in [1.54, 1.807) is 0 Å². The largest absolute Gasteiger partial charge is 0.392 e. The van der Waals surface area contributed by atoms with E-state index in [0.717, 1.165) is 11.1 Å². The van der Waals surface area contributed by atoms with Gasteiger partial charge in [0.15, 0.2) is 0 Å². The van der Waals surface area contributed by atoms with Crippen LogP contribution < -0.4 is 0 Å². The van der Waals surface area contributed by atoms with E-state index < -0.39 is 0 Å². The number of halogens is 1. The van der Waals surface area contributed by atoms with Gasteiger partial charge in [-0.25, -0.2) is 0 Å². The highest BCUT2D eigenvalue weighted by Crippen LogP contribution is 2.30. The molecule has 1 aromatic carbocycles. The summed E-state index contributed by atoms with van der Waals surface area (Å²) < 4.78 is 0. The highest BCUT2D eigenvalue weighted by atomic mass is 35.5. The quantitative estimate of drug-likeness (QED) is 0.735. The van der Waals surface area contributed by atoms with Gasteiger partial charge < -0.3 is 5.11 Å². The molecule has 0 fully saturated rings. The molecule has 0 aliphatic carbocycles. The molecule has 0 saturated heterocycles. The van der Waals surface area contributed by atoms with Crippen molar-refractivity contribution in [3.63, 3.8) is 0 Å². The average Bonchev–Trinajstić information content (AvgIpc) is 2.02. The van der Waals surface area contributed by atoms with E-state index in [1.807, 2.05) is 18.2 Å². The van der Waals surface area contributed by atoms with Crippen molar-refractivity contribution in [2.24, 2.45) is 0 Å². The first-order valence-corrected chi connectivity index (χ1v) is 4.73. The van der Waals surface area contributed by atoms with Crippen LogP contribution in [0, 0.1) is 0 Å². The summed E-state index contributed by atoms with van der Waals surface area (Å²) in [5.41, 5.74) is 1.99. The second kappa shape index (κ2) is 3.69. The van der Waals surface area contributed by atoms with Crippen molar-refractivity contribution < 1.29 is 5.11 Å². The molecule has 0 saturated carbocycles. The Labute approximate surface area is 84.4 Å². The third-order valence-corrected chi connectivity index (χ3v) is 2.44. The molecule has 1 N–H and O–H groups in total. The molecule has 2 heteroatoms. The van der Waals surface area contributed by atoms with Gasteiger partial charge in [-0.15, -0.1) is 0 Å². The zero-order chi connectivity index (χ0) is 10.1. The Morgan fingerprint density at radius 3 is 2.31 bits per heavy atom. The lowest BCUT2D eigenvalue weighted by molar-refractivity contribution is 0.278. The fraction of sp³-hybridized carbons (Fsp3) is 0.455. The zero-order valence-electron chi connectivity index (χ0n) is 8.26. The Kier molecular flexibility index (Phi) is 2.99. The van der Waals surface area contributed by atoms with E-state index in [2.05, 4.69) is 20.8 Å². The average molecular weight is 199 g/mol. The third kappa shape index (κ3) is 2.23. The molecular weight excluding hydrogens is 184 g/mol. The van der Waals surface area contributed by atoms with Crippen LogP contribution in [0.2, 0.25) is 5.02 Å². The van der Waals surface area contributed by atoms with E-state index in [-0.39, 0.29) is 12.0 Å². The summed E-state index contributed by atoms with van der Waals surface area (Å²) in [5.74, 6) is 0. The molecule has 0 aliphatic rings. The smallest absolute Gasteiger partial charge is 0.0699 e. The Morgan fingerprint density at radius 2 is 1.92 bits per heavy atom. The van der Waals surface area contributed by atoms with E-state index in [9.17, 15) is 5.11 Å². The Morgan fingerprint density at radius 1 is 1.31 bits per heavy atom. The van der Waals surface area contributed by atoms with E-state index in [4.69, 9.17) is 11.6 Å². The number of aliphatic hydroxyl groups excluding tert-OH is 1. The van der Waals surface area contributed by atoms with E-state index in [0.29, 0.717) is 5.02 Å². The highest BCUT2D eigenvalue weighted by molar-refractivity contribution is 6.31. The van der Waals surface area contributed by atoms with Crippen molar-refractivity contribution in [1.29, 1.82) is 0 Å². The number of hydrogen-bond acceptors (Lipinski definition) is 1. The van der Waals surface area contributed by atoms with Crippen LogP contribution in [0.3, 0.4) is 0 Å². The minimum Gasteiger partial charge on any atom is -0.392 e. The zero-order valence-corrected chi connectivity index (χ0v) is 9.02. The predicted molar refractivity (Wildman–Crippen MR) is 56.1 cm³/mol. The standard InChI is InChI=1S/C11H15ClO/c1-11(2,3)9-5-4-6-10(12)8(9)7-13/h4-6,13H,7H2,1-3H3. The minimum absolute atomic E-state index is 0.00623. The van der Waals surface area contributed by atoms with Crippen molar-refractivity contribution in [2.75, 3.05) is 0 Å². The molecule has 0 amide bonds. The van der Waals surface area contributed by atoms with Crippen molar-refractivity contribution in [1.82, 2.24) is 0 Å². The van der Waals surface area contributed by atoms with Gasteiger partial charge in [-0.2, -0.15) is 0 Å². The molecule has 72 valence electrons. The predicted octanol–water partition coefficient (Wildman–Crippen LogP) is 3.13. The molecule has 0 unspecified atom stereocenters. The number of hydrogen-bond donors (Lipinski definition) is 1. The fourth-order valence-corrected chi connectivity index (χ4v) is 1.66. The van der Waals surface area contributed by atoms with Gasteiger partial charge in [0.25, 0.3) is 0 Å². The van der Waals surface area contributed by atoms with Crippen LogP contribution >= 0.6 is 11.6 Å². The van der Waals surface area contributed by atoms with Crippen molar-refractivity contribution in [3.05, 3.63) is 34.3 Å². The van der Waals surface area contributed by atoms with Crippen LogP contribution in [-0.4, -0.2) is 5.11 Å². The summed E-state index contributed by atoms with van der Waals surface area (Å²) in [7, 11) is 0. The number of benzene rings is 1. The van der Waals surface area contributed by atoms with Gasteiger partial charge in [-0.05, 0) is 22.6 Å². The van der Waals surface area contributed by atoms with Gasteiger partial charge in [-0.1, -0.05) is 44.5 Å². The summed E-state index contributed by atoms with van der Waals surface area (Å²) >= 11 is 5.98. The molecule has 1 aromatic rings. The van der Waals surface area contributed by atoms with Gasteiger partial charge in [0.2, 0.25) is 0 Å². The van der Waals surface area contributed by atoms with E-state index in [1.165, 1.54) is 0 Å². The third-order valence-electron chi connectivity index (χ3n) is 2.08. The maximum atomic E-state index is 9.18. The fourth-order valence-electron chi connectivity index (χ4n) is 1.42. The summed E-state index contributed by atoms with van der Waals surface area (Å²) in [4.78, 5) is 0. The molecule has 0 spiro atoms. The summed E-state index contributed by atoms with van der Waals surface area (Å²) in [6.45, 7) is 6.33. The number of rotatable bonds is 1. The topological polar surface area (TPSA) is 20.2 Å². The van der Waals surface area contributed by atoms with Crippen molar-refractivity contribution in [2.45, 2.75) is 32.8 Å². The second-order valence-electron chi connectivity index (χ2n) is 4.17. The summed E-state index contributed by atoms with van der Waals surface area (Å²) in [6.07, 6.45) is 0. The first-order valence-electron chi connectivity index (χ1n) is 4.35. The second-order valence-corrected chi connectivity index (χ2v) is 4.58. The molecule has 0 bridgehead atoms. The molecule has 1 nitrogen and oxygen atoms in total.